The predicted molar refractivity (Wildman–Crippen MR) is 154 cm³/mol. The number of amides is 2. The van der Waals surface area contributed by atoms with Crippen LogP contribution in [0.4, 0.5) is 35.9 Å². The molecular formula is C30H28F3N7O2. The maximum atomic E-state index is 13.9. The first-order chi connectivity index (χ1) is 20.2. The van der Waals surface area contributed by atoms with Crippen molar-refractivity contribution in [3.05, 3.63) is 107 Å². The molecule has 9 nitrogen and oxygen atoms in total. The number of hydrazine groups is 1. The summed E-state index contributed by atoms with van der Waals surface area (Å²) in [6.45, 7) is 5.53. The average Bonchev–Trinajstić information content (AvgIpc) is 3.00. The number of nitrogens with zero attached hydrogens (tertiary/aromatic N) is 5. The molecule has 1 aliphatic rings. The van der Waals surface area contributed by atoms with E-state index in [1.807, 2.05) is 24.3 Å². The van der Waals surface area contributed by atoms with Gasteiger partial charge in [-0.05, 0) is 68.1 Å². The fourth-order valence-electron chi connectivity index (χ4n) is 4.52. The molecule has 1 fully saturated rings. The third kappa shape index (κ3) is 6.33. The summed E-state index contributed by atoms with van der Waals surface area (Å²) >= 11 is 0. The summed E-state index contributed by atoms with van der Waals surface area (Å²) in [4.78, 5) is 39.2. The molecule has 2 heterocycles. The van der Waals surface area contributed by atoms with Crippen molar-refractivity contribution in [2.24, 2.45) is 0 Å². The van der Waals surface area contributed by atoms with Gasteiger partial charge < -0.3 is 15.1 Å². The van der Waals surface area contributed by atoms with E-state index >= 15 is 0 Å². The van der Waals surface area contributed by atoms with Crippen LogP contribution in [-0.2, 0) is 0 Å². The van der Waals surface area contributed by atoms with Gasteiger partial charge in [0.15, 0.2) is 17.5 Å². The normalized spacial score (nSPS) is 13.5. The molecule has 0 atom stereocenters. The second-order valence-electron chi connectivity index (χ2n) is 9.92. The van der Waals surface area contributed by atoms with Crippen molar-refractivity contribution < 1.29 is 22.8 Å². The molecule has 5 rings (SSSR count). The molecule has 1 aromatic heterocycles. The van der Waals surface area contributed by atoms with Crippen LogP contribution in [-0.4, -0.2) is 59.9 Å². The minimum absolute atomic E-state index is 0.194. The van der Waals surface area contributed by atoms with Gasteiger partial charge in [0.25, 0.3) is 11.8 Å². The summed E-state index contributed by atoms with van der Waals surface area (Å²) in [6, 6.07) is 13.5. The van der Waals surface area contributed by atoms with Crippen molar-refractivity contribution in [3.63, 3.8) is 0 Å². The summed E-state index contributed by atoms with van der Waals surface area (Å²) in [5, 5.41) is 3.80. The van der Waals surface area contributed by atoms with E-state index < -0.39 is 34.8 Å². The van der Waals surface area contributed by atoms with E-state index in [0.29, 0.717) is 29.1 Å². The highest BCUT2D eigenvalue weighted by atomic mass is 19.2. The zero-order valence-electron chi connectivity index (χ0n) is 22.9. The number of piperazine rings is 1. The Bertz CT molecular complexity index is 1570. The molecule has 0 saturated carbocycles. The number of nitrogens with one attached hydrogen (secondary N) is 2. The SMILES string of the molecule is Cc1ccc(NC(=O)c2cc(F)c(F)c(F)c2)cc1C(=O)N(Nc1ccc(N2CCN(C)CC2)cc1)c1cncnc1. The zero-order chi connectivity index (χ0) is 29.8. The predicted octanol–water partition coefficient (Wildman–Crippen LogP) is 4.88. The van der Waals surface area contributed by atoms with Crippen molar-refractivity contribution in [1.29, 1.82) is 0 Å². The number of aryl methyl sites for hydroxylation is 1. The van der Waals surface area contributed by atoms with Gasteiger partial charge in [-0.1, -0.05) is 6.07 Å². The van der Waals surface area contributed by atoms with Crippen LogP contribution in [0.3, 0.4) is 0 Å². The lowest BCUT2D eigenvalue weighted by Crippen LogP contribution is -2.44. The second-order valence-corrected chi connectivity index (χ2v) is 9.92. The summed E-state index contributed by atoms with van der Waals surface area (Å²) in [7, 11) is 2.10. The van der Waals surface area contributed by atoms with E-state index in [9.17, 15) is 22.8 Å². The molecule has 2 amide bonds. The standard InChI is InChI=1S/C30H28F3N7O2/c1-19-3-4-22(36-29(41)20-13-26(31)28(33)27(32)14-20)15-25(19)30(42)40(24-16-34-18-35-17-24)37-21-5-7-23(8-6-21)39-11-9-38(2)10-12-39/h3-8,13-18,37H,9-12H2,1-2H3,(H,36,41). The van der Waals surface area contributed by atoms with Crippen molar-refractivity contribution in [2.45, 2.75) is 6.92 Å². The van der Waals surface area contributed by atoms with E-state index in [4.69, 9.17) is 0 Å². The average molecular weight is 576 g/mol. The molecule has 216 valence electrons. The number of hydrogen-bond acceptors (Lipinski definition) is 7. The Balaban J connectivity index is 1.38. The van der Waals surface area contributed by atoms with Crippen LogP contribution < -0.4 is 20.7 Å². The van der Waals surface area contributed by atoms with Crippen molar-refractivity contribution in [1.82, 2.24) is 14.9 Å². The van der Waals surface area contributed by atoms with E-state index in [1.165, 1.54) is 29.8 Å². The van der Waals surface area contributed by atoms with Gasteiger partial charge in [-0.2, -0.15) is 0 Å². The van der Waals surface area contributed by atoms with Crippen molar-refractivity contribution in [3.8, 4) is 0 Å². The summed E-state index contributed by atoms with van der Waals surface area (Å²) < 4.78 is 40.6. The molecule has 0 bridgehead atoms. The van der Waals surface area contributed by atoms with Crippen molar-refractivity contribution in [2.75, 3.05) is 53.9 Å². The quantitative estimate of drug-likeness (QED) is 0.240. The maximum absolute atomic E-state index is 13.9. The van der Waals surface area contributed by atoms with Crippen LogP contribution in [0.1, 0.15) is 26.3 Å². The number of rotatable bonds is 7. The Kier molecular flexibility index (Phi) is 8.34. The smallest absolute Gasteiger partial charge is 0.277 e. The van der Waals surface area contributed by atoms with E-state index in [1.54, 1.807) is 19.1 Å². The van der Waals surface area contributed by atoms with Crippen LogP contribution in [0.15, 0.2) is 73.3 Å². The minimum Gasteiger partial charge on any atom is -0.369 e. The zero-order valence-corrected chi connectivity index (χ0v) is 22.9. The highest BCUT2D eigenvalue weighted by molar-refractivity contribution is 6.10. The number of anilines is 4. The van der Waals surface area contributed by atoms with Crippen LogP contribution >= 0.6 is 0 Å². The molecule has 42 heavy (non-hydrogen) atoms. The topological polar surface area (TPSA) is 93.7 Å². The number of likely N-dealkylation sites (N-methyl/N-ethyl adjacent to an activating group) is 1. The number of aromatic nitrogens is 2. The molecule has 3 aromatic carbocycles. The van der Waals surface area contributed by atoms with Gasteiger partial charge in [-0.15, -0.1) is 0 Å². The lowest BCUT2D eigenvalue weighted by atomic mass is 10.1. The fourth-order valence-corrected chi connectivity index (χ4v) is 4.52. The Morgan fingerprint density at radius 1 is 0.857 bits per heavy atom. The monoisotopic (exact) mass is 575 g/mol. The number of halogens is 3. The van der Waals surface area contributed by atoms with Crippen LogP contribution in [0.2, 0.25) is 0 Å². The molecular weight excluding hydrogens is 547 g/mol. The highest BCUT2D eigenvalue weighted by Gasteiger charge is 2.23. The van der Waals surface area contributed by atoms with E-state index in [-0.39, 0.29) is 11.3 Å². The molecule has 0 radical (unpaired) electrons. The molecule has 1 saturated heterocycles. The molecule has 4 aromatic rings. The number of carbonyl (C=O) groups is 2. The number of hydrogen-bond donors (Lipinski definition) is 2. The first kappa shape index (κ1) is 28.6. The molecule has 12 heteroatoms. The first-order valence-corrected chi connectivity index (χ1v) is 13.2. The highest BCUT2D eigenvalue weighted by Crippen LogP contribution is 2.25. The second kappa shape index (κ2) is 12.3. The maximum Gasteiger partial charge on any atom is 0.277 e. The lowest BCUT2D eigenvalue weighted by molar-refractivity contribution is 0.0989. The van der Waals surface area contributed by atoms with Gasteiger partial charge in [-0.25, -0.2) is 28.1 Å². The van der Waals surface area contributed by atoms with E-state index in [0.717, 1.165) is 31.9 Å². The van der Waals surface area contributed by atoms with Gasteiger partial charge in [-0.3, -0.25) is 15.0 Å². The number of benzene rings is 3. The van der Waals surface area contributed by atoms with E-state index in [2.05, 4.69) is 37.6 Å². The van der Waals surface area contributed by atoms with Crippen LogP contribution in [0.5, 0.6) is 0 Å². The van der Waals surface area contributed by atoms with Crippen LogP contribution in [0, 0.1) is 24.4 Å². The molecule has 0 aliphatic carbocycles. The summed E-state index contributed by atoms with van der Waals surface area (Å²) in [5.74, 6) is -5.98. The van der Waals surface area contributed by atoms with Gasteiger partial charge in [0.1, 0.15) is 12.0 Å². The molecule has 2 N–H and O–H groups in total. The molecule has 1 aliphatic heterocycles. The van der Waals surface area contributed by atoms with Crippen LogP contribution in [0.25, 0.3) is 0 Å². The summed E-state index contributed by atoms with van der Waals surface area (Å²) in [6.07, 6.45) is 4.31. The first-order valence-electron chi connectivity index (χ1n) is 13.2. The van der Waals surface area contributed by atoms with Gasteiger partial charge >= 0.3 is 0 Å². The fraction of sp³-hybridized carbons (Fsp3) is 0.200. The third-order valence-electron chi connectivity index (χ3n) is 6.96. The van der Waals surface area contributed by atoms with Crippen molar-refractivity contribution >= 4 is 34.6 Å². The summed E-state index contributed by atoms with van der Waals surface area (Å²) in [5.41, 5.74) is 5.84. The number of carbonyl (C=O) groups excluding carboxylic acids is 2. The largest absolute Gasteiger partial charge is 0.369 e. The van der Waals surface area contributed by atoms with Gasteiger partial charge in [0, 0.05) is 48.7 Å². The molecule has 0 spiro atoms. The van der Waals surface area contributed by atoms with Gasteiger partial charge in [0.05, 0.1) is 18.1 Å². The molecule has 0 unspecified atom stereocenters. The Morgan fingerprint density at radius 2 is 1.48 bits per heavy atom. The van der Waals surface area contributed by atoms with Gasteiger partial charge in [0.2, 0.25) is 0 Å². The third-order valence-corrected chi connectivity index (χ3v) is 6.96. The lowest BCUT2D eigenvalue weighted by Gasteiger charge is -2.34. The Hall–Kier alpha value is -4.97. The Labute approximate surface area is 240 Å². The minimum atomic E-state index is -1.67. The Morgan fingerprint density at radius 3 is 2.12 bits per heavy atom.